The monoisotopic (exact) mass is 370 g/mol. The van der Waals surface area contributed by atoms with E-state index in [1.165, 1.54) is 11.3 Å². The summed E-state index contributed by atoms with van der Waals surface area (Å²) in [5.41, 5.74) is 5.43. The van der Waals surface area contributed by atoms with E-state index in [9.17, 15) is 5.11 Å². The van der Waals surface area contributed by atoms with Crippen LogP contribution < -0.4 is 4.90 Å². The van der Waals surface area contributed by atoms with Crippen LogP contribution in [-0.4, -0.2) is 24.4 Å². The molecule has 3 aromatic rings. The van der Waals surface area contributed by atoms with Crippen LogP contribution in [0, 0.1) is 0 Å². The van der Waals surface area contributed by atoms with E-state index in [1.807, 2.05) is 24.3 Å². The highest BCUT2D eigenvalue weighted by molar-refractivity contribution is 5.82. The van der Waals surface area contributed by atoms with Gasteiger partial charge in [0.05, 0.1) is 5.69 Å². The summed E-state index contributed by atoms with van der Waals surface area (Å²) < 4.78 is 0. The van der Waals surface area contributed by atoms with Gasteiger partial charge in [-0.05, 0) is 79.1 Å². The summed E-state index contributed by atoms with van der Waals surface area (Å²) in [5, 5.41) is 9.31. The molecule has 0 atom stereocenters. The Morgan fingerprint density at radius 2 is 1.21 bits per heavy atom. The third kappa shape index (κ3) is 5.34. The predicted molar refractivity (Wildman–Crippen MR) is 121 cm³/mol. The van der Waals surface area contributed by atoms with E-state index in [0.29, 0.717) is 0 Å². The molecule has 3 rings (SSSR count). The summed E-state index contributed by atoms with van der Waals surface area (Å²) in [6.45, 7) is 6.39. The summed E-state index contributed by atoms with van der Waals surface area (Å²) in [4.78, 5) is 6.81. The van der Waals surface area contributed by atoms with Crippen molar-refractivity contribution in [3.63, 3.8) is 0 Å². The lowest BCUT2D eigenvalue weighted by Crippen LogP contribution is -2.21. The molecule has 0 saturated heterocycles. The minimum Gasteiger partial charge on any atom is -0.508 e. The molecule has 3 aromatic carbocycles. The first-order valence-corrected chi connectivity index (χ1v) is 9.64. The van der Waals surface area contributed by atoms with Gasteiger partial charge in [0.15, 0.2) is 0 Å². The van der Waals surface area contributed by atoms with E-state index in [1.54, 1.807) is 18.3 Å². The summed E-state index contributed by atoms with van der Waals surface area (Å²) in [6, 6.07) is 23.8. The van der Waals surface area contributed by atoms with Crippen molar-refractivity contribution in [2.24, 2.45) is 4.99 Å². The smallest absolute Gasteiger partial charge is 0.115 e. The van der Waals surface area contributed by atoms with Crippen LogP contribution in [0.5, 0.6) is 5.75 Å². The minimum atomic E-state index is 0.260. The average molecular weight is 370 g/mol. The number of phenolic OH excluding ortho intramolecular Hbond substituents is 1. The first-order chi connectivity index (χ1) is 13.7. The Labute approximate surface area is 167 Å². The molecule has 0 amide bonds. The summed E-state index contributed by atoms with van der Waals surface area (Å²) in [6.07, 6.45) is 6.03. The Kier molecular flexibility index (Phi) is 6.64. The van der Waals surface area contributed by atoms with Gasteiger partial charge in [-0.3, -0.25) is 4.99 Å². The van der Waals surface area contributed by atoms with Gasteiger partial charge in [-0.2, -0.15) is 0 Å². The number of aromatic hydroxyl groups is 1. The number of benzene rings is 3. The molecule has 0 radical (unpaired) electrons. The zero-order chi connectivity index (χ0) is 19.8. The minimum absolute atomic E-state index is 0.260. The number of nitrogens with zero attached hydrogens (tertiary/aromatic N) is 2. The number of rotatable bonds is 7. The van der Waals surface area contributed by atoms with Gasteiger partial charge >= 0.3 is 0 Å². The normalized spacial score (nSPS) is 11.4. The first kappa shape index (κ1) is 19.4. The summed E-state index contributed by atoms with van der Waals surface area (Å²) in [7, 11) is 0. The molecule has 3 heteroatoms. The van der Waals surface area contributed by atoms with E-state index in [4.69, 9.17) is 0 Å². The van der Waals surface area contributed by atoms with Crippen LogP contribution in [0.15, 0.2) is 77.8 Å². The van der Waals surface area contributed by atoms with Gasteiger partial charge in [0.2, 0.25) is 0 Å². The maximum atomic E-state index is 9.31. The number of hydrogen-bond donors (Lipinski definition) is 1. The maximum Gasteiger partial charge on any atom is 0.115 e. The second-order valence-electron chi connectivity index (χ2n) is 6.54. The third-order valence-corrected chi connectivity index (χ3v) is 4.64. The lowest BCUT2D eigenvalue weighted by molar-refractivity contribution is 0.475. The van der Waals surface area contributed by atoms with E-state index in [0.717, 1.165) is 29.9 Å². The van der Waals surface area contributed by atoms with Crippen molar-refractivity contribution in [2.45, 2.75) is 13.8 Å². The molecule has 3 nitrogen and oxygen atoms in total. The summed E-state index contributed by atoms with van der Waals surface area (Å²) >= 11 is 0. The van der Waals surface area contributed by atoms with E-state index in [-0.39, 0.29) is 5.75 Å². The van der Waals surface area contributed by atoms with Gasteiger partial charge in [0.25, 0.3) is 0 Å². The first-order valence-electron chi connectivity index (χ1n) is 9.64. The van der Waals surface area contributed by atoms with Crippen molar-refractivity contribution < 1.29 is 5.11 Å². The molecule has 0 fully saturated rings. The molecule has 0 aliphatic rings. The van der Waals surface area contributed by atoms with Crippen molar-refractivity contribution in [3.8, 4) is 5.75 Å². The lowest BCUT2D eigenvalue weighted by Gasteiger charge is -2.20. The van der Waals surface area contributed by atoms with Gasteiger partial charge in [-0.25, -0.2) is 0 Å². The molecule has 0 spiro atoms. The summed E-state index contributed by atoms with van der Waals surface area (Å²) in [5.74, 6) is 0.260. The quantitative estimate of drug-likeness (QED) is 0.399. The molecule has 0 saturated carbocycles. The molecule has 0 aliphatic heterocycles. The van der Waals surface area contributed by atoms with Crippen molar-refractivity contribution in [3.05, 3.63) is 89.5 Å². The van der Waals surface area contributed by atoms with Gasteiger partial charge in [0, 0.05) is 25.0 Å². The average Bonchev–Trinajstić information content (AvgIpc) is 2.74. The highest BCUT2D eigenvalue weighted by atomic mass is 16.3. The second kappa shape index (κ2) is 9.56. The Morgan fingerprint density at radius 1 is 0.714 bits per heavy atom. The molecule has 0 bridgehead atoms. The number of anilines is 1. The molecule has 28 heavy (non-hydrogen) atoms. The lowest BCUT2D eigenvalue weighted by atomic mass is 10.1. The van der Waals surface area contributed by atoms with E-state index in [2.05, 4.69) is 72.3 Å². The fourth-order valence-corrected chi connectivity index (χ4v) is 2.96. The third-order valence-electron chi connectivity index (χ3n) is 4.64. The van der Waals surface area contributed by atoms with Crippen molar-refractivity contribution in [1.82, 2.24) is 0 Å². The fourth-order valence-electron chi connectivity index (χ4n) is 2.96. The molecular formula is C25H26N2O. The van der Waals surface area contributed by atoms with Crippen LogP contribution in [0.25, 0.3) is 12.2 Å². The molecule has 0 unspecified atom stereocenters. The van der Waals surface area contributed by atoms with Gasteiger partial charge in [-0.15, -0.1) is 0 Å². The SMILES string of the molecule is CCN(CC)c1ccc(/C=C/c2ccc(N=Cc3ccc(O)cc3)cc2)cc1. The molecule has 1 N–H and O–H groups in total. The molecule has 0 heterocycles. The number of phenols is 1. The molecular weight excluding hydrogens is 344 g/mol. The fraction of sp³-hybridized carbons (Fsp3) is 0.160. The zero-order valence-corrected chi connectivity index (χ0v) is 16.4. The zero-order valence-electron chi connectivity index (χ0n) is 16.4. The standard InChI is InChI=1S/C25H26N2O/c1-3-27(4-2)24-15-9-21(10-16-24)6-5-20-7-13-23(14-8-20)26-19-22-11-17-25(28)18-12-22/h5-19,28H,3-4H2,1-2H3/b6-5+,26-19?. The van der Waals surface area contributed by atoms with E-state index < -0.39 is 0 Å². The molecule has 0 aliphatic carbocycles. The maximum absolute atomic E-state index is 9.31. The van der Waals surface area contributed by atoms with Crippen LogP contribution in [0.1, 0.15) is 30.5 Å². The van der Waals surface area contributed by atoms with Crippen LogP contribution >= 0.6 is 0 Å². The largest absolute Gasteiger partial charge is 0.508 e. The van der Waals surface area contributed by atoms with Crippen molar-refractivity contribution in [2.75, 3.05) is 18.0 Å². The highest BCUT2D eigenvalue weighted by Crippen LogP contribution is 2.18. The van der Waals surface area contributed by atoms with Gasteiger partial charge in [-0.1, -0.05) is 36.4 Å². The number of aliphatic imine (C=N–C) groups is 1. The Morgan fingerprint density at radius 3 is 1.75 bits per heavy atom. The van der Waals surface area contributed by atoms with Gasteiger partial charge < -0.3 is 10.0 Å². The number of hydrogen-bond acceptors (Lipinski definition) is 3. The van der Waals surface area contributed by atoms with Crippen LogP contribution in [-0.2, 0) is 0 Å². The Bertz CT molecular complexity index is 920. The van der Waals surface area contributed by atoms with Crippen LogP contribution in [0.4, 0.5) is 11.4 Å². The molecule has 142 valence electrons. The molecule has 0 aromatic heterocycles. The topological polar surface area (TPSA) is 35.8 Å². The second-order valence-corrected chi connectivity index (χ2v) is 6.54. The van der Waals surface area contributed by atoms with Gasteiger partial charge in [0.1, 0.15) is 5.75 Å². The predicted octanol–water partition coefficient (Wildman–Crippen LogP) is 6.16. The van der Waals surface area contributed by atoms with E-state index >= 15 is 0 Å². The van der Waals surface area contributed by atoms with Crippen molar-refractivity contribution >= 4 is 29.7 Å². The Hall–Kier alpha value is -3.33. The Balaban J connectivity index is 1.62. The highest BCUT2D eigenvalue weighted by Gasteiger charge is 2.00. The van der Waals surface area contributed by atoms with Crippen LogP contribution in [0.3, 0.4) is 0 Å². The van der Waals surface area contributed by atoms with Crippen molar-refractivity contribution in [1.29, 1.82) is 0 Å². The van der Waals surface area contributed by atoms with Crippen LogP contribution in [0.2, 0.25) is 0 Å².